The Bertz CT molecular complexity index is 419. The largest absolute Gasteiger partial charge is 0.497 e. The molecular weight excluding hydrogens is 246 g/mol. The van der Waals surface area contributed by atoms with Crippen molar-refractivity contribution < 1.29 is 4.74 Å². The Labute approximate surface area is 112 Å². The topological polar surface area (TPSA) is 50.9 Å². The SMILES string of the molecule is COc1ccc(CSC2CN=C(N)N(C)C2)cc1. The van der Waals surface area contributed by atoms with Crippen LogP contribution in [0.5, 0.6) is 5.75 Å². The molecule has 18 heavy (non-hydrogen) atoms. The molecular formula is C13H19N3OS. The summed E-state index contributed by atoms with van der Waals surface area (Å²) in [5.74, 6) is 2.55. The van der Waals surface area contributed by atoms with Gasteiger partial charge in [-0.05, 0) is 17.7 Å². The summed E-state index contributed by atoms with van der Waals surface area (Å²) in [6.45, 7) is 1.78. The molecule has 1 atom stereocenters. The summed E-state index contributed by atoms with van der Waals surface area (Å²) < 4.78 is 5.14. The first kappa shape index (κ1) is 13.1. The van der Waals surface area contributed by atoms with E-state index in [-0.39, 0.29) is 0 Å². The lowest BCUT2D eigenvalue weighted by Gasteiger charge is -2.28. The lowest BCUT2D eigenvalue weighted by molar-refractivity contribution is 0.414. The summed E-state index contributed by atoms with van der Waals surface area (Å²) in [4.78, 5) is 6.32. The van der Waals surface area contributed by atoms with E-state index in [0.717, 1.165) is 24.6 Å². The standard InChI is InChI=1S/C13H19N3OS/c1-16-8-12(7-15-13(16)14)18-9-10-3-5-11(17-2)6-4-10/h3-6,12H,7-9H2,1-2H3,(H2,14,15). The summed E-state index contributed by atoms with van der Waals surface area (Å²) in [5, 5.41) is 0.518. The van der Waals surface area contributed by atoms with Gasteiger partial charge in [0, 0.05) is 24.6 Å². The summed E-state index contributed by atoms with van der Waals surface area (Å²) >= 11 is 1.92. The molecule has 1 aromatic carbocycles. The number of hydrogen-bond donors (Lipinski definition) is 1. The fourth-order valence-corrected chi connectivity index (χ4v) is 2.94. The smallest absolute Gasteiger partial charge is 0.191 e. The highest BCUT2D eigenvalue weighted by Crippen LogP contribution is 2.22. The highest BCUT2D eigenvalue weighted by molar-refractivity contribution is 7.99. The monoisotopic (exact) mass is 265 g/mol. The van der Waals surface area contributed by atoms with Gasteiger partial charge in [-0.1, -0.05) is 12.1 Å². The van der Waals surface area contributed by atoms with E-state index < -0.39 is 0 Å². The average Bonchev–Trinajstić information content (AvgIpc) is 2.41. The maximum absolute atomic E-state index is 5.73. The predicted octanol–water partition coefficient (Wildman–Crippen LogP) is 1.56. The number of aliphatic imine (C=N–C) groups is 1. The van der Waals surface area contributed by atoms with Crippen molar-refractivity contribution in [1.82, 2.24) is 4.90 Å². The molecule has 1 heterocycles. The lowest BCUT2D eigenvalue weighted by atomic mass is 10.2. The van der Waals surface area contributed by atoms with Crippen LogP contribution in [0, 0.1) is 0 Å². The fraction of sp³-hybridized carbons (Fsp3) is 0.462. The minimum absolute atomic E-state index is 0.518. The Morgan fingerprint density at radius 1 is 1.44 bits per heavy atom. The van der Waals surface area contributed by atoms with Crippen LogP contribution in [0.2, 0.25) is 0 Å². The third kappa shape index (κ3) is 3.32. The first-order chi connectivity index (χ1) is 8.69. The minimum Gasteiger partial charge on any atom is -0.497 e. The molecule has 0 bridgehead atoms. The number of hydrogen-bond acceptors (Lipinski definition) is 5. The Kier molecular flexibility index (Phi) is 4.36. The van der Waals surface area contributed by atoms with Crippen LogP contribution in [-0.4, -0.2) is 43.4 Å². The third-order valence-corrected chi connectivity index (χ3v) is 4.24. The van der Waals surface area contributed by atoms with Gasteiger partial charge >= 0.3 is 0 Å². The van der Waals surface area contributed by atoms with Gasteiger partial charge in [-0.3, -0.25) is 4.99 Å². The van der Waals surface area contributed by atoms with Gasteiger partial charge in [-0.2, -0.15) is 0 Å². The lowest BCUT2D eigenvalue weighted by Crippen LogP contribution is -2.43. The van der Waals surface area contributed by atoms with Crippen molar-refractivity contribution in [3.8, 4) is 5.75 Å². The molecule has 1 aliphatic heterocycles. The van der Waals surface area contributed by atoms with Gasteiger partial charge in [0.2, 0.25) is 0 Å². The molecule has 1 aromatic rings. The van der Waals surface area contributed by atoms with Gasteiger partial charge in [0.05, 0.1) is 13.7 Å². The van der Waals surface area contributed by atoms with Gasteiger partial charge < -0.3 is 15.4 Å². The van der Waals surface area contributed by atoms with Crippen LogP contribution in [0.3, 0.4) is 0 Å². The molecule has 0 saturated heterocycles. The normalized spacial score (nSPS) is 19.6. The van der Waals surface area contributed by atoms with Crippen LogP contribution in [0.1, 0.15) is 5.56 Å². The van der Waals surface area contributed by atoms with E-state index in [9.17, 15) is 0 Å². The molecule has 0 fully saturated rings. The van der Waals surface area contributed by atoms with Crippen molar-refractivity contribution in [2.75, 3.05) is 27.2 Å². The summed E-state index contributed by atoms with van der Waals surface area (Å²) in [5.41, 5.74) is 7.04. The van der Waals surface area contributed by atoms with Crippen LogP contribution in [-0.2, 0) is 5.75 Å². The van der Waals surface area contributed by atoms with Crippen molar-refractivity contribution in [2.45, 2.75) is 11.0 Å². The molecule has 0 amide bonds. The highest BCUT2D eigenvalue weighted by Gasteiger charge is 2.18. The van der Waals surface area contributed by atoms with Crippen molar-refractivity contribution in [1.29, 1.82) is 0 Å². The van der Waals surface area contributed by atoms with Crippen molar-refractivity contribution in [3.05, 3.63) is 29.8 Å². The van der Waals surface area contributed by atoms with Crippen molar-refractivity contribution in [2.24, 2.45) is 10.7 Å². The summed E-state index contributed by atoms with van der Waals surface area (Å²) in [6, 6.07) is 8.21. The quantitative estimate of drug-likeness (QED) is 0.897. The molecule has 1 aliphatic rings. The molecule has 98 valence electrons. The van der Waals surface area contributed by atoms with Gasteiger partial charge in [-0.25, -0.2) is 0 Å². The predicted molar refractivity (Wildman–Crippen MR) is 77.2 cm³/mol. The van der Waals surface area contributed by atoms with Crippen LogP contribution >= 0.6 is 11.8 Å². The number of nitrogens with two attached hydrogens (primary N) is 1. The Morgan fingerprint density at radius 2 is 2.17 bits per heavy atom. The second-order valence-electron chi connectivity index (χ2n) is 4.36. The van der Waals surface area contributed by atoms with E-state index in [1.54, 1.807) is 7.11 Å². The maximum Gasteiger partial charge on any atom is 0.191 e. The summed E-state index contributed by atoms with van der Waals surface area (Å²) in [7, 11) is 3.67. The van der Waals surface area contributed by atoms with Gasteiger partial charge in [0.1, 0.15) is 5.75 Å². The molecule has 1 unspecified atom stereocenters. The molecule has 2 N–H and O–H groups in total. The first-order valence-corrected chi connectivity index (χ1v) is 6.99. The van der Waals surface area contributed by atoms with E-state index in [4.69, 9.17) is 10.5 Å². The minimum atomic E-state index is 0.518. The molecule has 0 aliphatic carbocycles. The molecule has 0 radical (unpaired) electrons. The van der Waals surface area contributed by atoms with E-state index in [2.05, 4.69) is 17.1 Å². The van der Waals surface area contributed by atoms with E-state index in [1.165, 1.54) is 5.56 Å². The van der Waals surface area contributed by atoms with Gasteiger partial charge in [0.25, 0.3) is 0 Å². The number of rotatable bonds is 4. The van der Waals surface area contributed by atoms with Crippen LogP contribution in [0.15, 0.2) is 29.3 Å². The zero-order valence-electron chi connectivity index (χ0n) is 10.8. The number of ether oxygens (including phenoxy) is 1. The second kappa shape index (κ2) is 6.00. The van der Waals surface area contributed by atoms with E-state index in [1.807, 2.05) is 35.8 Å². The Morgan fingerprint density at radius 3 is 2.78 bits per heavy atom. The van der Waals surface area contributed by atoms with E-state index >= 15 is 0 Å². The number of thioether (sulfide) groups is 1. The molecule has 4 nitrogen and oxygen atoms in total. The number of nitrogens with zero attached hydrogens (tertiary/aromatic N) is 2. The number of methoxy groups -OCH3 is 1. The summed E-state index contributed by atoms with van der Waals surface area (Å²) in [6.07, 6.45) is 0. The third-order valence-electron chi connectivity index (χ3n) is 2.97. The molecule has 0 saturated carbocycles. The molecule has 0 spiro atoms. The van der Waals surface area contributed by atoms with Gasteiger partial charge in [-0.15, -0.1) is 11.8 Å². The maximum atomic E-state index is 5.73. The fourth-order valence-electron chi connectivity index (χ4n) is 1.81. The average molecular weight is 265 g/mol. The van der Waals surface area contributed by atoms with Crippen LogP contribution in [0.25, 0.3) is 0 Å². The van der Waals surface area contributed by atoms with Crippen LogP contribution < -0.4 is 10.5 Å². The number of benzene rings is 1. The Balaban J connectivity index is 1.84. The molecule has 5 heteroatoms. The highest BCUT2D eigenvalue weighted by atomic mass is 32.2. The van der Waals surface area contributed by atoms with E-state index in [0.29, 0.717) is 11.2 Å². The second-order valence-corrected chi connectivity index (χ2v) is 5.65. The first-order valence-electron chi connectivity index (χ1n) is 5.94. The molecule has 0 aromatic heterocycles. The Hall–Kier alpha value is -1.36. The zero-order chi connectivity index (χ0) is 13.0. The zero-order valence-corrected chi connectivity index (χ0v) is 11.6. The van der Waals surface area contributed by atoms with Gasteiger partial charge in [0.15, 0.2) is 5.96 Å². The number of guanidine groups is 1. The van der Waals surface area contributed by atoms with Crippen LogP contribution in [0.4, 0.5) is 0 Å². The van der Waals surface area contributed by atoms with Crippen molar-refractivity contribution in [3.63, 3.8) is 0 Å². The van der Waals surface area contributed by atoms with Crippen molar-refractivity contribution >= 4 is 17.7 Å². The molecule has 2 rings (SSSR count).